The molecular formula is C13H14Cl2N4. The van der Waals surface area contributed by atoms with E-state index in [-0.39, 0.29) is 5.82 Å². The monoisotopic (exact) mass is 296 g/mol. The van der Waals surface area contributed by atoms with Gasteiger partial charge in [-0.15, -0.1) is 0 Å². The second-order valence-corrected chi connectivity index (χ2v) is 4.90. The summed E-state index contributed by atoms with van der Waals surface area (Å²) in [6, 6.07) is 7.85. The van der Waals surface area contributed by atoms with Gasteiger partial charge in [-0.2, -0.15) is 0 Å². The maximum Gasteiger partial charge on any atom is 0.150 e. The number of hydrogen-bond donors (Lipinski definition) is 2. The average Bonchev–Trinajstić information content (AvgIpc) is 2.39. The summed E-state index contributed by atoms with van der Waals surface area (Å²) >= 11 is 11.9. The number of halogens is 2. The molecule has 1 heterocycles. The van der Waals surface area contributed by atoms with Crippen molar-refractivity contribution in [2.45, 2.75) is 12.8 Å². The second kappa shape index (κ2) is 6.59. The third kappa shape index (κ3) is 3.98. The minimum Gasteiger partial charge on any atom is -0.382 e. The van der Waals surface area contributed by atoms with Gasteiger partial charge in [-0.1, -0.05) is 35.3 Å². The molecule has 0 fully saturated rings. The Hall–Kier alpha value is -1.52. The van der Waals surface area contributed by atoms with Crippen LogP contribution in [-0.4, -0.2) is 16.5 Å². The van der Waals surface area contributed by atoms with Gasteiger partial charge in [0.25, 0.3) is 0 Å². The summed E-state index contributed by atoms with van der Waals surface area (Å²) in [7, 11) is 0. The fourth-order valence-corrected chi connectivity index (χ4v) is 2.08. The SMILES string of the molecule is Nc1ncnc(NCCCc2cccc(Cl)c2)c1Cl. The summed E-state index contributed by atoms with van der Waals surface area (Å²) in [4.78, 5) is 7.85. The number of nitrogens with two attached hydrogens (primary N) is 1. The van der Waals surface area contributed by atoms with Crippen LogP contribution in [0, 0.1) is 0 Å². The molecule has 19 heavy (non-hydrogen) atoms. The zero-order chi connectivity index (χ0) is 13.7. The van der Waals surface area contributed by atoms with Crippen molar-refractivity contribution in [3.63, 3.8) is 0 Å². The van der Waals surface area contributed by atoms with Crippen molar-refractivity contribution in [1.29, 1.82) is 0 Å². The number of benzene rings is 1. The first-order chi connectivity index (χ1) is 9.16. The van der Waals surface area contributed by atoms with Crippen molar-refractivity contribution < 1.29 is 0 Å². The molecule has 0 bridgehead atoms. The van der Waals surface area contributed by atoms with E-state index in [0.29, 0.717) is 10.8 Å². The molecule has 0 aliphatic carbocycles. The van der Waals surface area contributed by atoms with Crippen LogP contribution in [0.3, 0.4) is 0 Å². The minimum atomic E-state index is 0.286. The Bertz CT molecular complexity index is 560. The Kier molecular flexibility index (Phi) is 4.82. The van der Waals surface area contributed by atoms with E-state index >= 15 is 0 Å². The molecule has 0 saturated carbocycles. The summed E-state index contributed by atoms with van der Waals surface area (Å²) in [6.45, 7) is 0.753. The molecule has 0 spiro atoms. The first kappa shape index (κ1) is 13.9. The average molecular weight is 297 g/mol. The summed E-state index contributed by atoms with van der Waals surface area (Å²) in [6.07, 6.45) is 3.27. The predicted molar refractivity (Wildman–Crippen MR) is 79.7 cm³/mol. The predicted octanol–water partition coefficient (Wildman–Crippen LogP) is 3.41. The number of aromatic nitrogens is 2. The summed E-state index contributed by atoms with van der Waals surface area (Å²) in [5.41, 5.74) is 6.81. The lowest BCUT2D eigenvalue weighted by Gasteiger charge is -2.08. The maximum absolute atomic E-state index is 5.98. The summed E-state index contributed by atoms with van der Waals surface area (Å²) in [5.74, 6) is 0.856. The highest BCUT2D eigenvalue weighted by molar-refractivity contribution is 6.35. The van der Waals surface area contributed by atoms with Gasteiger partial charge in [0.05, 0.1) is 0 Å². The molecule has 0 atom stereocenters. The number of nitrogens with one attached hydrogen (secondary N) is 1. The molecule has 0 saturated heterocycles. The molecule has 4 nitrogen and oxygen atoms in total. The Morgan fingerprint density at radius 2 is 2.05 bits per heavy atom. The van der Waals surface area contributed by atoms with Gasteiger partial charge in [-0.05, 0) is 30.5 Å². The van der Waals surface area contributed by atoms with E-state index in [1.54, 1.807) is 0 Å². The van der Waals surface area contributed by atoms with Gasteiger partial charge in [-0.25, -0.2) is 9.97 Å². The second-order valence-electron chi connectivity index (χ2n) is 4.08. The lowest BCUT2D eigenvalue weighted by molar-refractivity contribution is 0.858. The molecule has 1 aromatic heterocycles. The Morgan fingerprint density at radius 1 is 1.21 bits per heavy atom. The van der Waals surface area contributed by atoms with Crippen LogP contribution in [0.1, 0.15) is 12.0 Å². The van der Waals surface area contributed by atoms with Crippen molar-refractivity contribution in [1.82, 2.24) is 9.97 Å². The summed E-state index contributed by atoms with van der Waals surface area (Å²) in [5, 5.41) is 4.27. The van der Waals surface area contributed by atoms with Gasteiger partial charge >= 0.3 is 0 Å². The van der Waals surface area contributed by atoms with Gasteiger partial charge in [0.1, 0.15) is 23.0 Å². The van der Waals surface area contributed by atoms with Crippen LogP contribution in [-0.2, 0) is 6.42 Å². The topological polar surface area (TPSA) is 63.8 Å². The lowest BCUT2D eigenvalue weighted by Crippen LogP contribution is -2.06. The quantitative estimate of drug-likeness (QED) is 0.830. The molecule has 0 aliphatic heterocycles. The molecule has 1 aromatic carbocycles. The minimum absolute atomic E-state index is 0.286. The smallest absolute Gasteiger partial charge is 0.150 e. The van der Waals surface area contributed by atoms with Crippen LogP contribution >= 0.6 is 23.2 Å². The van der Waals surface area contributed by atoms with Crippen LogP contribution in [0.5, 0.6) is 0 Å². The van der Waals surface area contributed by atoms with Crippen molar-refractivity contribution >= 4 is 34.8 Å². The van der Waals surface area contributed by atoms with Crippen LogP contribution in [0.15, 0.2) is 30.6 Å². The molecule has 0 aliphatic rings. The molecular weight excluding hydrogens is 283 g/mol. The number of hydrogen-bond acceptors (Lipinski definition) is 4. The standard InChI is InChI=1S/C13H14Cl2N4/c14-10-5-1-3-9(7-10)4-2-6-17-13-11(15)12(16)18-8-19-13/h1,3,5,7-8H,2,4,6H2,(H3,16,17,18,19). The van der Waals surface area contributed by atoms with Gasteiger partial charge in [-0.3, -0.25) is 0 Å². The van der Waals surface area contributed by atoms with E-state index < -0.39 is 0 Å². The van der Waals surface area contributed by atoms with E-state index in [1.807, 2.05) is 18.2 Å². The van der Waals surface area contributed by atoms with Crippen molar-refractivity contribution in [2.24, 2.45) is 0 Å². The number of nitrogen functional groups attached to an aromatic ring is 1. The molecule has 0 radical (unpaired) electrons. The third-order valence-corrected chi connectivity index (χ3v) is 3.25. The zero-order valence-electron chi connectivity index (χ0n) is 10.2. The molecule has 3 N–H and O–H groups in total. The normalized spacial score (nSPS) is 10.4. The van der Waals surface area contributed by atoms with Gasteiger partial charge < -0.3 is 11.1 Å². The first-order valence-corrected chi connectivity index (χ1v) is 6.66. The van der Waals surface area contributed by atoms with Gasteiger partial charge in [0, 0.05) is 11.6 Å². The molecule has 2 rings (SSSR count). The van der Waals surface area contributed by atoms with Crippen LogP contribution < -0.4 is 11.1 Å². The van der Waals surface area contributed by atoms with E-state index in [0.717, 1.165) is 24.4 Å². The lowest BCUT2D eigenvalue weighted by atomic mass is 10.1. The Labute approximate surface area is 122 Å². The van der Waals surface area contributed by atoms with Gasteiger partial charge in [0.15, 0.2) is 0 Å². The Morgan fingerprint density at radius 3 is 2.84 bits per heavy atom. The van der Waals surface area contributed by atoms with E-state index in [4.69, 9.17) is 28.9 Å². The number of aryl methyl sites for hydroxylation is 1. The molecule has 0 unspecified atom stereocenters. The van der Waals surface area contributed by atoms with Crippen molar-refractivity contribution in [3.05, 3.63) is 46.2 Å². The first-order valence-electron chi connectivity index (χ1n) is 5.91. The maximum atomic E-state index is 5.98. The molecule has 2 aromatic rings. The molecule has 6 heteroatoms. The van der Waals surface area contributed by atoms with Crippen molar-refractivity contribution in [2.75, 3.05) is 17.6 Å². The van der Waals surface area contributed by atoms with E-state index in [1.165, 1.54) is 11.9 Å². The fraction of sp³-hybridized carbons (Fsp3) is 0.231. The number of anilines is 2. The number of rotatable bonds is 5. The van der Waals surface area contributed by atoms with Crippen LogP contribution in [0.25, 0.3) is 0 Å². The molecule has 100 valence electrons. The Balaban J connectivity index is 1.82. The van der Waals surface area contributed by atoms with Gasteiger partial charge in [0.2, 0.25) is 0 Å². The zero-order valence-corrected chi connectivity index (χ0v) is 11.7. The summed E-state index contributed by atoms with van der Waals surface area (Å²) < 4.78 is 0. The fourth-order valence-electron chi connectivity index (χ4n) is 1.70. The highest BCUT2D eigenvalue weighted by Crippen LogP contribution is 2.23. The van der Waals surface area contributed by atoms with E-state index in [2.05, 4.69) is 21.4 Å². The largest absolute Gasteiger partial charge is 0.382 e. The van der Waals surface area contributed by atoms with Crippen molar-refractivity contribution in [3.8, 4) is 0 Å². The van der Waals surface area contributed by atoms with Crippen LogP contribution in [0.2, 0.25) is 10.0 Å². The number of nitrogens with zero attached hydrogens (tertiary/aromatic N) is 2. The van der Waals surface area contributed by atoms with Crippen LogP contribution in [0.4, 0.5) is 11.6 Å². The third-order valence-electron chi connectivity index (χ3n) is 2.64. The molecule has 0 amide bonds. The highest BCUT2D eigenvalue weighted by atomic mass is 35.5. The highest BCUT2D eigenvalue weighted by Gasteiger charge is 2.05. The van der Waals surface area contributed by atoms with E-state index in [9.17, 15) is 0 Å².